The molecule has 0 radical (unpaired) electrons. The molecule has 1 saturated carbocycles. The lowest BCUT2D eigenvalue weighted by Crippen LogP contribution is -2.45. The quantitative estimate of drug-likeness (QED) is 0.613. The van der Waals surface area contributed by atoms with Gasteiger partial charge in [-0.2, -0.15) is 0 Å². The van der Waals surface area contributed by atoms with Crippen LogP contribution in [0, 0.1) is 6.92 Å². The van der Waals surface area contributed by atoms with Crippen LogP contribution in [0.1, 0.15) is 37.8 Å². The van der Waals surface area contributed by atoms with Gasteiger partial charge >= 0.3 is 6.03 Å². The van der Waals surface area contributed by atoms with Crippen LogP contribution in [0.2, 0.25) is 0 Å². The molecule has 2 amide bonds. The van der Waals surface area contributed by atoms with Gasteiger partial charge in [0, 0.05) is 17.8 Å². The molecular weight excluding hydrogens is 246 g/mol. The molecule has 104 valence electrons. The lowest BCUT2D eigenvalue weighted by Gasteiger charge is -2.22. The second kappa shape index (κ2) is 6.21. The van der Waals surface area contributed by atoms with Crippen molar-refractivity contribution in [3.05, 3.63) is 22.1 Å². The van der Waals surface area contributed by atoms with E-state index in [1.165, 1.54) is 12.5 Å². The van der Waals surface area contributed by atoms with Gasteiger partial charge in [0.1, 0.15) is 0 Å². The molecule has 2 rings (SSSR count). The van der Waals surface area contributed by atoms with Gasteiger partial charge < -0.3 is 5.32 Å². The van der Waals surface area contributed by atoms with Gasteiger partial charge in [-0.05, 0) is 19.8 Å². The van der Waals surface area contributed by atoms with Crippen molar-refractivity contribution in [2.45, 2.75) is 45.1 Å². The van der Waals surface area contributed by atoms with E-state index in [1.807, 2.05) is 0 Å². The lowest BCUT2D eigenvalue weighted by atomic mass is 9.96. The van der Waals surface area contributed by atoms with Crippen LogP contribution in [0.15, 0.2) is 10.9 Å². The van der Waals surface area contributed by atoms with Gasteiger partial charge in [-0.1, -0.05) is 19.3 Å². The molecule has 1 aromatic rings. The van der Waals surface area contributed by atoms with Crippen LogP contribution in [-0.4, -0.2) is 22.0 Å². The molecule has 7 nitrogen and oxygen atoms in total. The number of aromatic amines is 1. The normalized spacial score (nSPS) is 15.8. The molecule has 0 unspecified atom stereocenters. The number of carbonyl (C=O) groups excluding carboxylic acids is 1. The Hall–Kier alpha value is -2.05. The average Bonchev–Trinajstić information content (AvgIpc) is 2.36. The summed E-state index contributed by atoms with van der Waals surface area (Å²) in [6.45, 7) is 1.71. The van der Waals surface area contributed by atoms with Crippen molar-refractivity contribution < 1.29 is 4.79 Å². The number of aryl methyl sites for hydroxylation is 1. The smallest absolute Gasteiger partial charge is 0.333 e. The number of H-pyrrole nitrogens is 1. The van der Waals surface area contributed by atoms with Crippen LogP contribution in [-0.2, 0) is 0 Å². The van der Waals surface area contributed by atoms with Crippen LogP contribution in [0.25, 0.3) is 0 Å². The predicted octanol–water partition coefficient (Wildman–Crippen LogP) is 1.04. The minimum Gasteiger partial charge on any atom is -0.334 e. The summed E-state index contributed by atoms with van der Waals surface area (Å²) in [6, 6.07) is 1.31. The fourth-order valence-corrected chi connectivity index (χ4v) is 2.22. The molecule has 1 aromatic heterocycles. The van der Waals surface area contributed by atoms with Gasteiger partial charge in [-0.25, -0.2) is 15.2 Å². The number of nitrogens with one attached hydrogen (secondary N) is 4. The SMILES string of the molecule is Cc1cc(=O)[nH]c(NNC(=O)NC2CCCCC2)n1. The lowest BCUT2D eigenvalue weighted by molar-refractivity contribution is 0.234. The molecular formula is C12H19N5O2. The number of carbonyl (C=O) groups is 1. The number of nitrogens with zero attached hydrogens (tertiary/aromatic N) is 1. The summed E-state index contributed by atoms with van der Waals surface area (Å²) < 4.78 is 0. The first-order chi connectivity index (χ1) is 9.13. The van der Waals surface area contributed by atoms with E-state index in [0.29, 0.717) is 5.69 Å². The first-order valence-electron chi connectivity index (χ1n) is 6.54. The number of rotatable bonds is 3. The number of urea groups is 1. The van der Waals surface area contributed by atoms with Gasteiger partial charge in [0.15, 0.2) is 0 Å². The van der Waals surface area contributed by atoms with Gasteiger partial charge in [0.05, 0.1) is 0 Å². The standard InChI is InChI=1S/C12H19N5O2/c1-8-7-10(18)15-11(13-8)16-17-12(19)14-9-5-3-2-4-6-9/h7,9H,2-6H2,1H3,(H2,14,17,19)(H2,13,15,16,18). The summed E-state index contributed by atoms with van der Waals surface area (Å²) in [5.74, 6) is 0.226. The minimum absolute atomic E-state index is 0.226. The molecule has 4 N–H and O–H groups in total. The van der Waals surface area contributed by atoms with Crippen LogP contribution >= 0.6 is 0 Å². The van der Waals surface area contributed by atoms with E-state index >= 15 is 0 Å². The molecule has 0 saturated heterocycles. The summed E-state index contributed by atoms with van der Waals surface area (Å²) in [7, 11) is 0. The molecule has 1 fully saturated rings. The van der Waals surface area contributed by atoms with Crippen LogP contribution in [0.4, 0.5) is 10.7 Å². The maximum Gasteiger partial charge on any atom is 0.333 e. The molecule has 1 heterocycles. The predicted molar refractivity (Wildman–Crippen MR) is 71.8 cm³/mol. The van der Waals surface area contributed by atoms with E-state index in [-0.39, 0.29) is 23.6 Å². The van der Waals surface area contributed by atoms with E-state index < -0.39 is 0 Å². The zero-order valence-electron chi connectivity index (χ0n) is 11.0. The third kappa shape index (κ3) is 4.27. The van der Waals surface area contributed by atoms with Crippen LogP contribution in [0.5, 0.6) is 0 Å². The van der Waals surface area contributed by atoms with Crippen molar-refractivity contribution in [2.24, 2.45) is 0 Å². The zero-order valence-corrected chi connectivity index (χ0v) is 11.0. The molecule has 1 aliphatic rings. The molecule has 19 heavy (non-hydrogen) atoms. The summed E-state index contributed by atoms with van der Waals surface area (Å²) in [6.07, 6.45) is 5.60. The molecule has 0 spiro atoms. The first kappa shape index (κ1) is 13.4. The molecule has 0 aromatic carbocycles. The molecule has 0 atom stereocenters. The molecule has 0 bridgehead atoms. The first-order valence-corrected chi connectivity index (χ1v) is 6.54. The van der Waals surface area contributed by atoms with Crippen molar-refractivity contribution in [3.8, 4) is 0 Å². The van der Waals surface area contributed by atoms with Crippen molar-refractivity contribution in [1.82, 2.24) is 20.7 Å². The van der Waals surface area contributed by atoms with E-state index in [1.54, 1.807) is 6.92 Å². The largest absolute Gasteiger partial charge is 0.334 e. The highest BCUT2D eigenvalue weighted by Crippen LogP contribution is 2.17. The Kier molecular flexibility index (Phi) is 4.38. The van der Waals surface area contributed by atoms with Crippen molar-refractivity contribution in [2.75, 3.05) is 5.43 Å². The molecule has 1 aliphatic carbocycles. The summed E-state index contributed by atoms with van der Waals surface area (Å²) in [5, 5.41) is 2.89. The topological polar surface area (TPSA) is 98.9 Å². The van der Waals surface area contributed by atoms with Crippen LogP contribution in [0.3, 0.4) is 0 Å². The number of hydrazine groups is 1. The Morgan fingerprint density at radius 3 is 2.79 bits per heavy atom. The second-order valence-electron chi connectivity index (χ2n) is 4.79. The second-order valence-corrected chi connectivity index (χ2v) is 4.79. The Balaban J connectivity index is 1.80. The number of aromatic nitrogens is 2. The molecule has 0 aliphatic heterocycles. The summed E-state index contributed by atoms with van der Waals surface area (Å²) >= 11 is 0. The van der Waals surface area contributed by atoms with Gasteiger partial charge in [-0.15, -0.1) is 0 Å². The van der Waals surface area contributed by atoms with E-state index in [9.17, 15) is 9.59 Å². The van der Waals surface area contributed by atoms with Crippen molar-refractivity contribution >= 4 is 12.0 Å². The molecule has 7 heteroatoms. The summed E-state index contributed by atoms with van der Waals surface area (Å²) in [5.41, 5.74) is 5.38. The summed E-state index contributed by atoms with van der Waals surface area (Å²) in [4.78, 5) is 29.4. The van der Waals surface area contributed by atoms with Crippen LogP contribution < -0.4 is 21.7 Å². The number of anilines is 1. The van der Waals surface area contributed by atoms with E-state index in [2.05, 4.69) is 26.1 Å². The average molecular weight is 265 g/mol. The highest BCUT2D eigenvalue weighted by atomic mass is 16.2. The zero-order chi connectivity index (χ0) is 13.7. The fraction of sp³-hybridized carbons (Fsp3) is 0.583. The highest BCUT2D eigenvalue weighted by Gasteiger charge is 2.15. The van der Waals surface area contributed by atoms with E-state index in [0.717, 1.165) is 25.7 Å². The Labute approximate surface area is 111 Å². The Bertz CT molecular complexity index is 493. The number of hydrogen-bond acceptors (Lipinski definition) is 4. The van der Waals surface area contributed by atoms with Gasteiger partial charge in [-0.3, -0.25) is 15.2 Å². The Morgan fingerprint density at radius 1 is 1.37 bits per heavy atom. The van der Waals surface area contributed by atoms with Crippen molar-refractivity contribution in [3.63, 3.8) is 0 Å². The third-order valence-electron chi connectivity index (χ3n) is 3.10. The maximum atomic E-state index is 11.6. The van der Waals surface area contributed by atoms with E-state index in [4.69, 9.17) is 0 Å². The highest BCUT2D eigenvalue weighted by molar-refractivity contribution is 5.75. The van der Waals surface area contributed by atoms with Gasteiger partial charge in [0.25, 0.3) is 5.56 Å². The van der Waals surface area contributed by atoms with Crippen molar-refractivity contribution in [1.29, 1.82) is 0 Å². The Morgan fingerprint density at radius 2 is 2.11 bits per heavy atom. The van der Waals surface area contributed by atoms with Gasteiger partial charge in [0.2, 0.25) is 5.95 Å². The number of amides is 2. The maximum absolute atomic E-state index is 11.6. The number of hydrogen-bond donors (Lipinski definition) is 4. The minimum atomic E-state index is -0.309. The fourth-order valence-electron chi connectivity index (χ4n) is 2.22. The third-order valence-corrected chi connectivity index (χ3v) is 3.10. The monoisotopic (exact) mass is 265 g/mol.